The Kier molecular flexibility index (Phi) is 2.68. The molecule has 0 amide bonds. The van der Waals surface area contributed by atoms with E-state index < -0.39 is 0 Å². The summed E-state index contributed by atoms with van der Waals surface area (Å²) in [7, 11) is 0. The number of nitro benzene ring substituents is 1. The number of fused-ring (bicyclic) bond motifs is 1. The second kappa shape index (κ2) is 3.98. The van der Waals surface area contributed by atoms with Gasteiger partial charge in [0.05, 0.1) is 4.92 Å². The summed E-state index contributed by atoms with van der Waals surface area (Å²) in [5, 5.41) is 14.0. The highest BCUT2D eigenvalue weighted by molar-refractivity contribution is 5.41. The maximum absolute atomic E-state index is 10.6. The van der Waals surface area contributed by atoms with Crippen LogP contribution in [0.3, 0.4) is 0 Å². The summed E-state index contributed by atoms with van der Waals surface area (Å²) in [6, 6.07) is 5.67. The first-order chi connectivity index (χ1) is 7.20. The van der Waals surface area contributed by atoms with Crippen LogP contribution in [0, 0.1) is 10.1 Å². The standard InChI is InChI=1S/C11H14N2O2/c1-2-10-5-8-3-4-11(13(14)15)6-9(8)7-12-10/h3-4,6,10,12H,2,5,7H2,1H3/t10-/m1/s1. The zero-order valence-electron chi connectivity index (χ0n) is 8.69. The molecular weight excluding hydrogens is 192 g/mol. The molecule has 1 aliphatic heterocycles. The Hall–Kier alpha value is -1.42. The van der Waals surface area contributed by atoms with Gasteiger partial charge in [-0.3, -0.25) is 10.1 Å². The minimum absolute atomic E-state index is 0.186. The average molecular weight is 206 g/mol. The third-order valence-corrected chi connectivity index (χ3v) is 2.94. The Labute approximate surface area is 88.5 Å². The lowest BCUT2D eigenvalue weighted by Gasteiger charge is -2.24. The summed E-state index contributed by atoms with van der Waals surface area (Å²) >= 11 is 0. The highest BCUT2D eigenvalue weighted by Gasteiger charge is 2.18. The lowest BCUT2D eigenvalue weighted by Crippen LogP contribution is -2.34. The van der Waals surface area contributed by atoms with Gasteiger partial charge in [-0.15, -0.1) is 0 Å². The van der Waals surface area contributed by atoms with Gasteiger partial charge < -0.3 is 5.32 Å². The number of nitro groups is 1. The maximum Gasteiger partial charge on any atom is 0.269 e. The van der Waals surface area contributed by atoms with Crippen molar-refractivity contribution in [1.82, 2.24) is 5.32 Å². The van der Waals surface area contributed by atoms with Crippen LogP contribution in [0.5, 0.6) is 0 Å². The van der Waals surface area contributed by atoms with Gasteiger partial charge in [0, 0.05) is 24.7 Å². The van der Waals surface area contributed by atoms with Crippen molar-refractivity contribution in [2.75, 3.05) is 0 Å². The Morgan fingerprint density at radius 1 is 1.53 bits per heavy atom. The van der Waals surface area contributed by atoms with Crippen molar-refractivity contribution in [3.05, 3.63) is 39.4 Å². The molecule has 0 saturated carbocycles. The second-order valence-electron chi connectivity index (χ2n) is 3.90. The predicted molar refractivity (Wildman–Crippen MR) is 57.7 cm³/mol. The van der Waals surface area contributed by atoms with Crippen molar-refractivity contribution >= 4 is 5.69 Å². The Balaban J connectivity index is 2.28. The molecule has 0 bridgehead atoms. The number of rotatable bonds is 2. The van der Waals surface area contributed by atoms with Crippen LogP contribution in [0.2, 0.25) is 0 Å². The molecule has 1 aromatic carbocycles. The van der Waals surface area contributed by atoms with Crippen molar-refractivity contribution in [2.24, 2.45) is 0 Å². The van der Waals surface area contributed by atoms with E-state index in [0.29, 0.717) is 6.04 Å². The monoisotopic (exact) mass is 206 g/mol. The highest BCUT2D eigenvalue weighted by atomic mass is 16.6. The third kappa shape index (κ3) is 1.99. The molecular formula is C11H14N2O2. The summed E-state index contributed by atoms with van der Waals surface area (Å²) in [6.45, 7) is 2.89. The van der Waals surface area contributed by atoms with Crippen LogP contribution in [-0.2, 0) is 13.0 Å². The fourth-order valence-corrected chi connectivity index (χ4v) is 1.97. The van der Waals surface area contributed by atoms with Gasteiger partial charge in [-0.05, 0) is 24.0 Å². The average Bonchev–Trinajstić information content (AvgIpc) is 2.27. The Bertz CT molecular complexity index is 390. The van der Waals surface area contributed by atoms with E-state index in [0.717, 1.165) is 24.9 Å². The van der Waals surface area contributed by atoms with E-state index in [1.165, 1.54) is 5.56 Å². The van der Waals surface area contributed by atoms with Crippen LogP contribution in [0.25, 0.3) is 0 Å². The fraction of sp³-hybridized carbons (Fsp3) is 0.455. The van der Waals surface area contributed by atoms with Gasteiger partial charge >= 0.3 is 0 Å². The van der Waals surface area contributed by atoms with Gasteiger partial charge in [0.15, 0.2) is 0 Å². The minimum atomic E-state index is -0.341. The van der Waals surface area contributed by atoms with Gasteiger partial charge in [0.1, 0.15) is 0 Å². The van der Waals surface area contributed by atoms with Crippen LogP contribution in [0.15, 0.2) is 18.2 Å². The molecule has 0 unspecified atom stereocenters. The van der Waals surface area contributed by atoms with Crippen LogP contribution in [-0.4, -0.2) is 11.0 Å². The van der Waals surface area contributed by atoms with E-state index >= 15 is 0 Å². The summed E-state index contributed by atoms with van der Waals surface area (Å²) < 4.78 is 0. The van der Waals surface area contributed by atoms with E-state index in [-0.39, 0.29) is 10.6 Å². The first-order valence-corrected chi connectivity index (χ1v) is 5.20. The summed E-state index contributed by atoms with van der Waals surface area (Å²) in [5.74, 6) is 0. The lowest BCUT2D eigenvalue weighted by molar-refractivity contribution is -0.384. The van der Waals surface area contributed by atoms with Gasteiger partial charge in [0.25, 0.3) is 5.69 Å². The quantitative estimate of drug-likeness (QED) is 0.595. The summed E-state index contributed by atoms with van der Waals surface area (Å²) in [5.41, 5.74) is 2.49. The van der Waals surface area contributed by atoms with E-state index in [9.17, 15) is 10.1 Å². The normalized spacial score (nSPS) is 19.7. The van der Waals surface area contributed by atoms with E-state index in [1.54, 1.807) is 12.1 Å². The van der Waals surface area contributed by atoms with Crippen molar-refractivity contribution in [3.8, 4) is 0 Å². The predicted octanol–water partition coefficient (Wildman–Crippen LogP) is 2.02. The molecule has 0 saturated heterocycles. The van der Waals surface area contributed by atoms with E-state index in [4.69, 9.17) is 0 Å². The topological polar surface area (TPSA) is 55.2 Å². The minimum Gasteiger partial charge on any atom is -0.310 e. The van der Waals surface area contributed by atoms with Gasteiger partial charge in [-0.2, -0.15) is 0 Å². The molecule has 15 heavy (non-hydrogen) atoms. The third-order valence-electron chi connectivity index (χ3n) is 2.94. The molecule has 4 heteroatoms. The molecule has 0 aromatic heterocycles. The van der Waals surface area contributed by atoms with E-state index in [1.807, 2.05) is 6.07 Å². The SMILES string of the molecule is CC[C@@H]1Cc2ccc([N+](=O)[O-])cc2CN1. The van der Waals surface area contributed by atoms with Crippen molar-refractivity contribution in [2.45, 2.75) is 32.4 Å². The van der Waals surface area contributed by atoms with Crippen LogP contribution < -0.4 is 5.32 Å². The van der Waals surface area contributed by atoms with E-state index in [2.05, 4.69) is 12.2 Å². The van der Waals surface area contributed by atoms with Gasteiger partial charge in [-0.1, -0.05) is 13.0 Å². The first-order valence-electron chi connectivity index (χ1n) is 5.20. The molecule has 0 fully saturated rings. The zero-order valence-corrected chi connectivity index (χ0v) is 8.69. The molecule has 0 spiro atoms. The Morgan fingerprint density at radius 2 is 2.33 bits per heavy atom. The molecule has 0 aliphatic carbocycles. The lowest BCUT2D eigenvalue weighted by atomic mass is 9.94. The fourth-order valence-electron chi connectivity index (χ4n) is 1.97. The molecule has 1 heterocycles. The molecule has 1 aliphatic rings. The zero-order chi connectivity index (χ0) is 10.8. The van der Waals surface area contributed by atoms with Gasteiger partial charge in [-0.25, -0.2) is 0 Å². The molecule has 1 atom stereocenters. The number of non-ortho nitro benzene ring substituents is 1. The molecule has 1 N–H and O–H groups in total. The largest absolute Gasteiger partial charge is 0.310 e. The number of benzene rings is 1. The molecule has 4 nitrogen and oxygen atoms in total. The Morgan fingerprint density at radius 3 is 3.00 bits per heavy atom. The smallest absolute Gasteiger partial charge is 0.269 e. The van der Waals surface area contributed by atoms with Crippen LogP contribution in [0.1, 0.15) is 24.5 Å². The second-order valence-corrected chi connectivity index (χ2v) is 3.90. The maximum atomic E-state index is 10.6. The number of hydrogen-bond donors (Lipinski definition) is 1. The molecule has 0 radical (unpaired) electrons. The van der Waals surface area contributed by atoms with Crippen molar-refractivity contribution < 1.29 is 4.92 Å². The first kappa shape index (κ1) is 10.1. The number of hydrogen-bond acceptors (Lipinski definition) is 3. The van der Waals surface area contributed by atoms with Crippen molar-refractivity contribution in [3.63, 3.8) is 0 Å². The number of nitrogens with zero attached hydrogens (tertiary/aromatic N) is 1. The number of nitrogens with one attached hydrogen (secondary N) is 1. The molecule has 2 rings (SSSR count). The van der Waals surface area contributed by atoms with Gasteiger partial charge in [0.2, 0.25) is 0 Å². The molecule has 1 aromatic rings. The summed E-state index contributed by atoms with van der Waals surface area (Å²) in [4.78, 5) is 10.3. The summed E-state index contributed by atoms with van der Waals surface area (Å²) in [6.07, 6.45) is 2.07. The van der Waals surface area contributed by atoms with Crippen LogP contribution in [0.4, 0.5) is 5.69 Å². The van der Waals surface area contributed by atoms with Crippen molar-refractivity contribution in [1.29, 1.82) is 0 Å². The highest BCUT2D eigenvalue weighted by Crippen LogP contribution is 2.22. The molecule has 80 valence electrons. The van der Waals surface area contributed by atoms with Crippen LogP contribution >= 0.6 is 0 Å².